The van der Waals surface area contributed by atoms with Gasteiger partial charge in [0.2, 0.25) is 28.5 Å². The summed E-state index contributed by atoms with van der Waals surface area (Å²) in [7, 11) is 10.1. The molecule has 0 spiro atoms. The van der Waals surface area contributed by atoms with Gasteiger partial charge in [0.15, 0.2) is 31.0 Å². The summed E-state index contributed by atoms with van der Waals surface area (Å²) in [5.74, 6) is -0.891. The molecule has 0 radical (unpaired) electrons. The van der Waals surface area contributed by atoms with Crippen LogP contribution >= 0.6 is 0 Å². The van der Waals surface area contributed by atoms with E-state index in [2.05, 4.69) is 143 Å². The van der Waals surface area contributed by atoms with Gasteiger partial charge in [0, 0.05) is 105 Å². The maximum absolute atomic E-state index is 8.17. The van der Waals surface area contributed by atoms with Crippen LogP contribution in [-0.2, 0) is 48.0 Å². The Morgan fingerprint density at radius 2 is 0.765 bits per heavy atom. The van der Waals surface area contributed by atoms with Gasteiger partial charge in [-0.2, -0.15) is 0 Å². The van der Waals surface area contributed by atoms with Crippen molar-refractivity contribution < 1.29 is 39.3 Å². The smallest absolute Gasteiger partial charge is 0.201 e. The molecular weight excluding hydrogens is 983 g/mol. The summed E-state index contributed by atoms with van der Waals surface area (Å²) in [4.78, 5) is 0. The van der Waals surface area contributed by atoms with Crippen molar-refractivity contribution in [2.75, 3.05) is 0 Å². The van der Waals surface area contributed by atoms with Gasteiger partial charge in [-0.05, 0) is 178 Å². The fourth-order valence-corrected chi connectivity index (χ4v) is 9.80. The highest BCUT2D eigenvalue weighted by Crippen LogP contribution is 2.27. The third-order valence-electron chi connectivity index (χ3n) is 14.2. The fourth-order valence-electron chi connectivity index (χ4n) is 9.80. The second-order valence-corrected chi connectivity index (χ2v) is 21.4. The van der Waals surface area contributed by atoms with Crippen LogP contribution in [0.25, 0.3) is 56.3 Å². The van der Waals surface area contributed by atoms with Crippen LogP contribution in [0.2, 0.25) is 0 Å². The number of nitrogens with zero attached hydrogens (tertiary/aromatic N) is 5. The fraction of sp³-hybridized carbons (Fsp3) is 0.276. The second kappa shape index (κ2) is 29.9. The van der Waals surface area contributed by atoms with Crippen LogP contribution in [-0.4, -0.2) is 0 Å². The molecule has 5 aromatic carbocycles. The van der Waals surface area contributed by atoms with Gasteiger partial charge in [0.05, 0.1) is 0 Å². The number of hydrogen-bond donors (Lipinski definition) is 0. The van der Waals surface area contributed by atoms with Crippen molar-refractivity contribution >= 4 is 0 Å². The third-order valence-corrected chi connectivity index (χ3v) is 14.2. The molecule has 0 bridgehead atoms. The summed E-state index contributed by atoms with van der Waals surface area (Å²) in [6, 6.07) is 59.5. The maximum atomic E-state index is 8.17. The van der Waals surface area contributed by atoms with E-state index in [4.69, 9.17) is 16.4 Å². The van der Waals surface area contributed by atoms with Crippen molar-refractivity contribution in [3.63, 3.8) is 0 Å². The van der Waals surface area contributed by atoms with E-state index in [1.165, 1.54) is 51.7 Å². The van der Waals surface area contributed by atoms with Crippen molar-refractivity contribution in [3.8, 4) is 56.3 Å². The van der Waals surface area contributed by atoms with E-state index in [0.29, 0.717) is 17.0 Å². The Morgan fingerprint density at radius 1 is 0.383 bits per heavy atom. The summed E-state index contributed by atoms with van der Waals surface area (Å²) in [6.45, 7) is 11.1. The molecule has 5 heteroatoms. The van der Waals surface area contributed by atoms with Crippen LogP contribution in [0.5, 0.6) is 0 Å². The van der Waals surface area contributed by atoms with Crippen LogP contribution < -0.4 is 22.8 Å². The highest BCUT2D eigenvalue weighted by Gasteiger charge is 2.16. The summed E-state index contributed by atoms with van der Waals surface area (Å²) in [5, 5.41) is 0. The minimum Gasteiger partial charge on any atom is -0.201 e. The van der Waals surface area contributed by atoms with E-state index in [-0.39, 0.29) is 5.56 Å². The first-order valence-electron chi connectivity index (χ1n) is 33.7. The predicted molar refractivity (Wildman–Crippen MR) is 340 cm³/mol. The zero-order valence-corrected chi connectivity index (χ0v) is 50.2. The molecular formula is C76H92N5+5. The third kappa shape index (κ3) is 17.4. The van der Waals surface area contributed by atoms with E-state index in [9.17, 15) is 0 Å². The van der Waals surface area contributed by atoms with Crippen LogP contribution in [0.3, 0.4) is 0 Å². The molecule has 5 heterocycles. The lowest BCUT2D eigenvalue weighted by atomic mass is 9.96. The SMILES string of the molecule is Cc1cc(CC(C)C)ccc1-c1cccc[n+]1C.Cc1ccc(C)c(-c2cccc[n+]2C)c1.[2H]C([2H])([2H])C([2H])(C)c1ccc(-c2cccc[n+]2C)c(C)c1.[2H]C([2H])([2H])C([2H])([2H])c1ccc(-c2cccc[n+]2C)c(C)c1.[2H]C([2H])([2H])c1ccc(-c2cccc[n+]2C)c(C)c1. The average Bonchev–Trinajstić information content (AvgIpc) is 0.802. The van der Waals surface area contributed by atoms with E-state index < -0.39 is 32.8 Å². The molecule has 0 aliphatic carbocycles. The molecule has 0 saturated carbocycles. The first kappa shape index (κ1) is 46.6. The van der Waals surface area contributed by atoms with Crippen LogP contribution in [0.4, 0.5) is 0 Å². The van der Waals surface area contributed by atoms with E-state index >= 15 is 0 Å². The maximum Gasteiger partial charge on any atom is 0.212 e. The molecule has 10 rings (SSSR count). The van der Waals surface area contributed by atoms with Gasteiger partial charge < -0.3 is 0 Å². The monoisotopic (exact) mass is 1090 g/mol. The second-order valence-electron chi connectivity index (χ2n) is 21.4. The summed E-state index contributed by atoms with van der Waals surface area (Å²) >= 11 is 0. The Morgan fingerprint density at radius 3 is 1.15 bits per heavy atom. The first-order chi connectivity index (χ1) is 43.4. The minimum absolute atomic E-state index is 0.183. The first-order valence-corrected chi connectivity index (χ1v) is 27.7. The Bertz CT molecular complexity index is 4050. The highest BCUT2D eigenvalue weighted by molar-refractivity contribution is 5.65. The summed E-state index contributed by atoms with van der Waals surface area (Å²) < 4.78 is 101. The van der Waals surface area contributed by atoms with Gasteiger partial charge in [0.1, 0.15) is 35.2 Å². The molecule has 10 aromatic rings. The molecule has 0 aliphatic heterocycles. The van der Waals surface area contributed by atoms with Crippen molar-refractivity contribution in [1.29, 1.82) is 0 Å². The average molecular weight is 1090 g/mol. The van der Waals surface area contributed by atoms with Crippen molar-refractivity contribution in [2.24, 2.45) is 41.2 Å². The molecule has 0 N–H and O–H groups in total. The number of aromatic nitrogens is 5. The van der Waals surface area contributed by atoms with Gasteiger partial charge >= 0.3 is 0 Å². The number of pyridine rings is 5. The van der Waals surface area contributed by atoms with Gasteiger partial charge in [-0.25, -0.2) is 22.8 Å². The number of benzene rings is 5. The Labute approximate surface area is 505 Å². The molecule has 5 nitrogen and oxygen atoms in total. The normalized spacial score (nSPS) is 14.2. The predicted octanol–water partition coefficient (Wildman–Crippen LogP) is 15.9. The lowest BCUT2D eigenvalue weighted by Gasteiger charge is -2.09. The Kier molecular flexibility index (Phi) is 17.2. The summed E-state index contributed by atoms with van der Waals surface area (Å²) in [6.07, 6.45) is 8.86. The minimum atomic E-state index is -2.68. The topological polar surface area (TPSA) is 19.4 Å². The molecule has 5 aromatic heterocycles. The van der Waals surface area contributed by atoms with Crippen LogP contribution in [0.1, 0.15) is 112 Å². The zero-order valence-electron chi connectivity index (χ0n) is 62.2. The lowest BCUT2D eigenvalue weighted by molar-refractivity contribution is -0.660. The molecule has 1 atom stereocenters. The number of aryl methyl sites for hydroxylation is 13. The largest absolute Gasteiger partial charge is 0.212 e. The highest BCUT2D eigenvalue weighted by atomic mass is 14.9. The van der Waals surface area contributed by atoms with Crippen LogP contribution in [0, 0.1) is 54.3 Å². The lowest BCUT2D eigenvalue weighted by Crippen LogP contribution is -2.30. The standard InChI is InChI=1S/C17H22N.C16H20N.C15H18N.2C14H16N/c1-13(2)11-15-8-9-16(14(3)12-15)17-7-5-6-10-18(17)4;1-12(2)14-8-9-15(13(3)11-14)16-7-5-6-10-17(16)4;1-4-13-8-9-14(12(2)11-13)15-7-5-6-10-16(15)3;1-11-7-8-13(12(2)10-11)14-6-4-5-9-15(14)3;1-11-7-8-12(2)13(10-11)14-6-4-5-9-15(14)3/h5-10,12-13H,11H2,1-4H3;5-12H,1-4H3;5-11H,4H2,1-3H3;2*4-10H,1-3H3/q5*+1/i;1D3,12D;1D3,4D2;1D3;. The quantitative estimate of drug-likeness (QED) is 0.128. The van der Waals surface area contributed by atoms with Crippen LogP contribution in [0.15, 0.2) is 213 Å². The van der Waals surface area contributed by atoms with Crippen molar-refractivity contribution in [2.45, 2.75) is 102 Å². The van der Waals surface area contributed by atoms with E-state index in [0.717, 1.165) is 56.9 Å². The molecule has 0 saturated heterocycles. The van der Waals surface area contributed by atoms with Gasteiger partial charge in [-0.3, -0.25) is 0 Å². The van der Waals surface area contributed by atoms with Crippen molar-refractivity contribution in [1.82, 2.24) is 0 Å². The number of rotatable bonds is 9. The molecule has 0 amide bonds. The molecule has 1 unspecified atom stereocenters. The molecule has 416 valence electrons. The Hall–Kier alpha value is -8.15. The van der Waals surface area contributed by atoms with Gasteiger partial charge in [-0.1, -0.05) is 106 Å². The van der Waals surface area contributed by atoms with E-state index in [1.807, 2.05) is 147 Å². The van der Waals surface area contributed by atoms with Gasteiger partial charge in [-0.15, -0.1) is 0 Å². The zero-order chi connectivity index (χ0) is 69.0. The molecule has 0 fully saturated rings. The summed E-state index contributed by atoms with van der Waals surface area (Å²) in [5.41, 5.74) is 20.7. The van der Waals surface area contributed by atoms with Crippen molar-refractivity contribution in [3.05, 3.63) is 269 Å². The van der Waals surface area contributed by atoms with E-state index in [1.54, 1.807) is 36.4 Å². The molecule has 0 aliphatic rings. The molecule has 81 heavy (non-hydrogen) atoms. The van der Waals surface area contributed by atoms with Gasteiger partial charge in [0.25, 0.3) is 0 Å². The Balaban J connectivity index is 0.000000185. The number of hydrogen-bond acceptors (Lipinski definition) is 0.